The number of benzene rings is 1. The molecule has 0 unspecified atom stereocenters. The molecule has 0 spiro atoms. The molecule has 0 saturated heterocycles. The summed E-state index contributed by atoms with van der Waals surface area (Å²) < 4.78 is 13.1. The Morgan fingerprint density at radius 2 is 2.23 bits per heavy atom. The highest BCUT2D eigenvalue weighted by Gasteiger charge is 2.09. The molecule has 0 aliphatic heterocycles. The molecule has 0 N–H and O–H groups in total. The van der Waals surface area contributed by atoms with Crippen LogP contribution in [-0.4, -0.2) is 12.0 Å². The van der Waals surface area contributed by atoms with E-state index in [1.165, 1.54) is 17.8 Å². The molecule has 1 aromatic carbocycles. The molecule has 0 radical (unpaired) electrons. The first-order chi connectivity index (χ1) is 6.19. The Labute approximate surface area is 81.3 Å². The number of Topliss-reactive ketones (excluding diaryl/α,β-unsaturated/α-hetero) is 1. The molecule has 1 rings (SSSR count). The van der Waals surface area contributed by atoms with E-state index < -0.39 is 5.82 Å². The lowest BCUT2D eigenvalue weighted by Crippen LogP contribution is -2.00. The molecule has 13 heavy (non-hydrogen) atoms. The lowest BCUT2D eigenvalue weighted by atomic mass is 10.1. The summed E-state index contributed by atoms with van der Waals surface area (Å²) in [5, 5.41) is 0. The van der Waals surface area contributed by atoms with Gasteiger partial charge in [-0.15, -0.1) is 11.8 Å². The minimum absolute atomic E-state index is 0.145. The van der Waals surface area contributed by atoms with Gasteiger partial charge in [0.25, 0.3) is 0 Å². The van der Waals surface area contributed by atoms with E-state index in [1.807, 2.05) is 6.26 Å². The van der Waals surface area contributed by atoms with Gasteiger partial charge in [0.2, 0.25) is 0 Å². The Morgan fingerprint density at radius 3 is 2.77 bits per heavy atom. The summed E-state index contributed by atoms with van der Waals surface area (Å²) >= 11 is 1.50. The van der Waals surface area contributed by atoms with Crippen molar-refractivity contribution in [2.45, 2.75) is 18.2 Å². The molecule has 0 aliphatic rings. The van der Waals surface area contributed by atoms with Gasteiger partial charge in [-0.05, 0) is 24.5 Å². The first kappa shape index (κ1) is 10.3. The normalized spacial score (nSPS) is 10.1. The molecule has 0 bridgehead atoms. The second-order valence-electron chi connectivity index (χ2n) is 2.62. The summed E-state index contributed by atoms with van der Waals surface area (Å²) in [5.41, 5.74) is 0.203. The summed E-state index contributed by atoms with van der Waals surface area (Å²) in [5.74, 6) is -0.571. The first-order valence-corrected chi connectivity index (χ1v) is 5.28. The molecule has 1 aromatic rings. The van der Waals surface area contributed by atoms with E-state index in [2.05, 4.69) is 0 Å². The van der Waals surface area contributed by atoms with E-state index >= 15 is 0 Å². The van der Waals surface area contributed by atoms with Gasteiger partial charge in [0.1, 0.15) is 5.82 Å². The summed E-state index contributed by atoms with van der Waals surface area (Å²) in [6.07, 6.45) is 2.24. The molecule has 0 atom stereocenters. The van der Waals surface area contributed by atoms with Crippen molar-refractivity contribution in [2.24, 2.45) is 0 Å². The monoisotopic (exact) mass is 198 g/mol. The third-order valence-electron chi connectivity index (χ3n) is 1.80. The Balaban J connectivity index is 3.11. The molecule has 0 saturated carbocycles. The van der Waals surface area contributed by atoms with Crippen molar-refractivity contribution < 1.29 is 9.18 Å². The predicted octanol–water partition coefficient (Wildman–Crippen LogP) is 3.14. The van der Waals surface area contributed by atoms with Crippen LogP contribution >= 0.6 is 11.8 Å². The molecule has 0 heterocycles. The van der Waals surface area contributed by atoms with Crippen LogP contribution in [0.3, 0.4) is 0 Å². The van der Waals surface area contributed by atoms with Crippen LogP contribution in [0.25, 0.3) is 0 Å². The molecule has 3 heteroatoms. The van der Waals surface area contributed by atoms with E-state index in [-0.39, 0.29) is 11.3 Å². The molecule has 70 valence electrons. The van der Waals surface area contributed by atoms with Crippen molar-refractivity contribution >= 4 is 17.5 Å². The fraction of sp³-hybridized carbons (Fsp3) is 0.300. The van der Waals surface area contributed by atoms with Crippen LogP contribution in [0.5, 0.6) is 0 Å². The minimum Gasteiger partial charge on any atom is -0.294 e. The number of ketones is 1. The van der Waals surface area contributed by atoms with Gasteiger partial charge in [-0.1, -0.05) is 6.92 Å². The van der Waals surface area contributed by atoms with Gasteiger partial charge < -0.3 is 0 Å². The maximum atomic E-state index is 13.1. The summed E-state index contributed by atoms with van der Waals surface area (Å²) in [6, 6.07) is 4.62. The summed E-state index contributed by atoms with van der Waals surface area (Å²) in [7, 11) is 0. The highest BCUT2D eigenvalue weighted by molar-refractivity contribution is 7.98. The molecular weight excluding hydrogens is 187 g/mol. The average molecular weight is 198 g/mol. The zero-order valence-electron chi connectivity index (χ0n) is 7.63. The maximum absolute atomic E-state index is 13.1. The van der Waals surface area contributed by atoms with Crippen LogP contribution in [-0.2, 0) is 0 Å². The SMILES string of the molecule is CCC(=O)c1cc(SC)ccc1F. The maximum Gasteiger partial charge on any atom is 0.165 e. The Bertz CT molecular complexity index is 323. The highest BCUT2D eigenvalue weighted by atomic mass is 32.2. The topological polar surface area (TPSA) is 17.1 Å². The van der Waals surface area contributed by atoms with Crippen LogP contribution in [0.1, 0.15) is 23.7 Å². The number of thioether (sulfide) groups is 1. The lowest BCUT2D eigenvalue weighted by Gasteiger charge is -2.02. The lowest BCUT2D eigenvalue weighted by molar-refractivity contribution is 0.0984. The molecule has 0 fully saturated rings. The smallest absolute Gasteiger partial charge is 0.165 e. The zero-order valence-corrected chi connectivity index (χ0v) is 8.45. The van der Waals surface area contributed by atoms with Crippen LogP contribution in [0.4, 0.5) is 4.39 Å². The Morgan fingerprint density at radius 1 is 1.54 bits per heavy atom. The van der Waals surface area contributed by atoms with Crippen molar-refractivity contribution in [3.63, 3.8) is 0 Å². The second kappa shape index (κ2) is 4.42. The van der Waals surface area contributed by atoms with Gasteiger partial charge in [-0.2, -0.15) is 0 Å². The largest absolute Gasteiger partial charge is 0.294 e. The number of halogens is 1. The van der Waals surface area contributed by atoms with E-state index in [0.29, 0.717) is 6.42 Å². The van der Waals surface area contributed by atoms with Crippen LogP contribution < -0.4 is 0 Å². The van der Waals surface area contributed by atoms with Crippen LogP contribution in [0.2, 0.25) is 0 Å². The van der Waals surface area contributed by atoms with Gasteiger partial charge in [-0.25, -0.2) is 4.39 Å². The Hall–Kier alpha value is -0.830. The van der Waals surface area contributed by atoms with Crippen LogP contribution in [0, 0.1) is 5.82 Å². The van der Waals surface area contributed by atoms with E-state index in [9.17, 15) is 9.18 Å². The first-order valence-electron chi connectivity index (χ1n) is 4.05. The molecule has 1 nitrogen and oxygen atoms in total. The fourth-order valence-corrected chi connectivity index (χ4v) is 1.48. The fourth-order valence-electron chi connectivity index (χ4n) is 1.04. The van der Waals surface area contributed by atoms with Crippen molar-refractivity contribution in [1.29, 1.82) is 0 Å². The third-order valence-corrected chi connectivity index (χ3v) is 2.52. The Kier molecular flexibility index (Phi) is 3.48. The predicted molar refractivity (Wildman–Crippen MR) is 52.8 cm³/mol. The van der Waals surface area contributed by atoms with Crippen molar-refractivity contribution in [3.8, 4) is 0 Å². The van der Waals surface area contributed by atoms with Gasteiger partial charge in [0.15, 0.2) is 5.78 Å². The second-order valence-corrected chi connectivity index (χ2v) is 3.50. The van der Waals surface area contributed by atoms with E-state index in [1.54, 1.807) is 19.1 Å². The number of hydrogen-bond acceptors (Lipinski definition) is 2. The summed E-state index contributed by atoms with van der Waals surface area (Å²) in [4.78, 5) is 12.2. The standard InChI is InChI=1S/C10H11FOS/c1-3-10(12)8-6-7(13-2)4-5-9(8)11/h4-6H,3H2,1-2H3. The molecule has 0 aromatic heterocycles. The number of hydrogen-bond donors (Lipinski definition) is 0. The zero-order chi connectivity index (χ0) is 9.84. The average Bonchev–Trinajstić information content (AvgIpc) is 2.17. The van der Waals surface area contributed by atoms with Gasteiger partial charge in [0.05, 0.1) is 5.56 Å². The molecular formula is C10H11FOS. The molecule has 0 amide bonds. The summed E-state index contributed by atoms with van der Waals surface area (Å²) in [6.45, 7) is 1.73. The number of carbonyl (C=O) groups is 1. The van der Waals surface area contributed by atoms with Crippen molar-refractivity contribution in [2.75, 3.05) is 6.26 Å². The third kappa shape index (κ3) is 2.31. The van der Waals surface area contributed by atoms with Crippen molar-refractivity contribution in [1.82, 2.24) is 0 Å². The van der Waals surface area contributed by atoms with E-state index in [0.717, 1.165) is 4.90 Å². The van der Waals surface area contributed by atoms with E-state index in [4.69, 9.17) is 0 Å². The highest BCUT2D eigenvalue weighted by Crippen LogP contribution is 2.19. The van der Waals surface area contributed by atoms with Gasteiger partial charge in [0, 0.05) is 11.3 Å². The van der Waals surface area contributed by atoms with Crippen molar-refractivity contribution in [3.05, 3.63) is 29.6 Å². The number of rotatable bonds is 3. The van der Waals surface area contributed by atoms with Gasteiger partial charge in [-0.3, -0.25) is 4.79 Å². The quantitative estimate of drug-likeness (QED) is 0.548. The number of carbonyl (C=O) groups excluding carboxylic acids is 1. The minimum atomic E-state index is -0.426. The van der Waals surface area contributed by atoms with Gasteiger partial charge >= 0.3 is 0 Å². The van der Waals surface area contributed by atoms with Crippen LogP contribution in [0.15, 0.2) is 23.1 Å². The molecule has 0 aliphatic carbocycles.